The molecular weight excluding hydrogens is 218 g/mol. The number of aromatic amines is 1. The number of carbonyl (C=O) groups excluding carboxylic acids is 1. The number of aromatic nitrogens is 2. The number of amides is 1. The molecule has 0 spiro atoms. The van der Waals surface area contributed by atoms with E-state index in [4.69, 9.17) is 5.73 Å². The molecule has 2 rings (SSSR count). The number of hydrogen-bond donors (Lipinski definition) is 3. The molecule has 4 N–H and O–H groups in total. The highest BCUT2D eigenvalue weighted by molar-refractivity contribution is 5.93. The van der Waals surface area contributed by atoms with Crippen LogP contribution in [0.3, 0.4) is 0 Å². The maximum Gasteiger partial charge on any atom is 0.238 e. The van der Waals surface area contributed by atoms with E-state index in [-0.39, 0.29) is 11.9 Å². The van der Waals surface area contributed by atoms with E-state index in [9.17, 15) is 4.79 Å². The highest BCUT2D eigenvalue weighted by atomic mass is 16.2. The summed E-state index contributed by atoms with van der Waals surface area (Å²) in [4.78, 5) is 13.9. The van der Waals surface area contributed by atoms with Crippen molar-refractivity contribution in [3.63, 3.8) is 0 Å². The molecular formula is C11H19N5O. The van der Waals surface area contributed by atoms with Crippen molar-refractivity contribution >= 4 is 11.6 Å². The first kappa shape index (κ1) is 12.1. The van der Waals surface area contributed by atoms with Crippen molar-refractivity contribution in [1.29, 1.82) is 0 Å². The first-order valence-corrected chi connectivity index (χ1v) is 5.85. The molecule has 1 fully saturated rings. The lowest BCUT2D eigenvalue weighted by Gasteiger charge is -2.14. The molecule has 1 aliphatic heterocycles. The van der Waals surface area contributed by atoms with Gasteiger partial charge in [0.1, 0.15) is 0 Å². The Morgan fingerprint density at radius 2 is 2.41 bits per heavy atom. The van der Waals surface area contributed by atoms with Gasteiger partial charge in [-0.05, 0) is 20.3 Å². The van der Waals surface area contributed by atoms with E-state index < -0.39 is 0 Å². The smallest absolute Gasteiger partial charge is 0.238 e. The Kier molecular flexibility index (Phi) is 3.44. The van der Waals surface area contributed by atoms with Crippen LogP contribution in [0, 0.1) is 13.8 Å². The summed E-state index contributed by atoms with van der Waals surface area (Å²) in [6, 6.07) is 0.209. The number of rotatable bonds is 3. The quantitative estimate of drug-likeness (QED) is 0.690. The van der Waals surface area contributed by atoms with Crippen LogP contribution in [0.1, 0.15) is 17.8 Å². The molecule has 6 heteroatoms. The molecule has 0 unspecified atom stereocenters. The van der Waals surface area contributed by atoms with Gasteiger partial charge in [0.05, 0.1) is 23.6 Å². The van der Waals surface area contributed by atoms with Gasteiger partial charge in [-0.15, -0.1) is 0 Å². The third-order valence-corrected chi connectivity index (χ3v) is 3.07. The van der Waals surface area contributed by atoms with Crippen molar-refractivity contribution in [2.45, 2.75) is 26.3 Å². The monoisotopic (exact) mass is 237 g/mol. The number of anilines is 1. The van der Waals surface area contributed by atoms with Crippen molar-refractivity contribution in [2.24, 2.45) is 5.73 Å². The van der Waals surface area contributed by atoms with Crippen LogP contribution in [-0.4, -0.2) is 46.7 Å². The Balaban J connectivity index is 1.89. The third-order valence-electron chi connectivity index (χ3n) is 3.07. The predicted octanol–water partition coefficient (Wildman–Crippen LogP) is -0.00196. The van der Waals surface area contributed by atoms with Crippen molar-refractivity contribution < 1.29 is 4.79 Å². The molecule has 0 saturated carbocycles. The third kappa shape index (κ3) is 2.83. The number of carbonyl (C=O) groups is 1. The Morgan fingerprint density at radius 3 is 2.94 bits per heavy atom. The zero-order chi connectivity index (χ0) is 12.4. The summed E-state index contributed by atoms with van der Waals surface area (Å²) in [7, 11) is 0. The summed E-state index contributed by atoms with van der Waals surface area (Å²) < 4.78 is 0. The van der Waals surface area contributed by atoms with E-state index in [1.165, 1.54) is 0 Å². The molecule has 6 nitrogen and oxygen atoms in total. The minimum absolute atomic E-state index is 0.00769. The fourth-order valence-corrected chi connectivity index (χ4v) is 2.12. The molecule has 1 amide bonds. The van der Waals surface area contributed by atoms with Crippen molar-refractivity contribution in [3.05, 3.63) is 11.4 Å². The van der Waals surface area contributed by atoms with Gasteiger partial charge in [-0.2, -0.15) is 5.10 Å². The van der Waals surface area contributed by atoms with Crippen molar-refractivity contribution in [2.75, 3.05) is 25.0 Å². The Hall–Kier alpha value is -1.40. The molecule has 94 valence electrons. The van der Waals surface area contributed by atoms with Crippen LogP contribution >= 0.6 is 0 Å². The van der Waals surface area contributed by atoms with Crippen LogP contribution in [0.4, 0.5) is 5.69 Å². The maximum atomic E-state index is 11.8. The Labute approximate surface area is 101 Å². The highest BCUT2D eigenvalue weighted by Crippen LogP contribution is 2.16. The zero-order valence-corrected chi connectivity index (χ0v) is 10.3. The minimum Gasteiger partial charge on any atom is -0.326 e. The van der Waals surface area contributed by atoms with E-state index in [1.54, 1.807) is 0 Å². The molecule has 17 heavy (non-hydrogen) atoms. The summed E-state index contributed by atoms with van der Waals surface area (Å²) in [5, 5.41) is 9.77. The molecule has 1 saturated heterocycles. The lowest BCUT2D eigenvalue weighted by Crippen LogP contribution is -2.33. The average Bonchev–Trinajstić information content (AvgIpc) is 2.79. The molecule has 0 aromatic carbocycles. The molecule has 1 aromatic heterocycles. The largest absolute Gasteiger partial charge is 0.326 e. The summed E-state index contributed by atoms with van der Waals surface area (Å²) in [5.74, 6) is -0.00769. The summed E-state index contributed by atoms with van der Waals surface area (Å²) in [6.45, 7) is 5.86. The van der Waals surface area contributed by atoms with E-state index in [0.29, 0.717) is 6.54 Å². The zero-order valence-electron chi connectivity index (χ0n) is 10.3. The fourth-order valence-electron chi connectivity index (χ4n) is 2.12. The normalized spacial score (nSPS) is 20.8. The van der Waals surface area contributed by atoms with Gasteiger partial charge in [0.15, 0.2) is 0 Å². The number of nitrogens with zero attached hydrogens (tertiary/aromatic N) is 2. The van der Waals surface area contributed by atoms with Gasteiger partial charge < -0.3 is 11.1 Å². The van der Waals surface area contributed by atoms with Crippen LogP contribution in [-0.2, 0) is 4.79 Å². The lowest BCUT2D eigenvalue weighted by molar-refractivity contribution is -0.117. The predicted molar refractivity (Wildman–Crippen MR) is 65.7 cm³/mol. The van der Waals surface area contributed by atoms with Crippen LogP contribution in [0.25, 0.3) is 0 Å². The van der Waals surface area contributed by atoms with Crippen LogP contribution < -0.4 is 11.1 Å². The molecule has 1 atom stereocenters. The van der Waals surface area contributed by atoms with Gasteiger partial charge in [-0.1, -0.05) is 0 Å². The molecule has 1 aromatic rings. The van der Waals surface area contributed by atoms with Gasteiger partial charge in [0, 0.05) is 19.1 Å². The topological polar surface area (TPSA) is 87.0 Å². The Bertz CT molecular complexity index is 394. The number of hydrogen-bond acceptors (Lipinski definition) is 4. The Morgan fingerprint density at radius 1 is 1.65 bits per heavy atom. The van der Waals surface area contributed by atoms with Crippen molar-refractivity contribution in [1.82, 2.24) is 15.1 Å². The molecule has 0 aliphatic carbocycles. The SMILES string of the molecule is Cc1n[nH]c(C)c1NC(=O)CN1CC[C@H](N)C1. The summed E-state index contributed by atoms with van der Waals surface area (Å²) in [6.07, 6.45) is 0.969. The van der Waals surface area contributed by atoms with Crippen LogP contribution in [0.5, 0.6) is 0 Å². The second-order valence-corrected chi connectivity index (χ2v) is 4.64. The summed E-state index contributed by atoms with van der Waals surface area (Å²) >= 11 is 0. The molecule has 0 radical (unpaired) electrons. The number of H-pyrrole nitrogens is 1. The molecule has 2 heterocycles. The first-order chi connectivity index (χ1) is 8.06. The number of likely N-dealkylation sites (tertiary alicyclic amines) is 1. The van der Waals surface area contributed by atoms with Gasteiger partial charge in [-0.3, -0.25) is 14.8 Å². The standard InChI is InChI=1S/C11H19N5O/c1-7-11(8(2)15-14-7)13-10(17)6-16-4-3-9(12)5-16/h9H,3-6,12H2,1-2H3,(H,13,17)(H,14,15)/t9-/m0/s1. The average molecular weight is 237 g/mol. The van der Waals surface area contributed by atoms with E-state index in [0.717, 1.165) is 36.6 Å². The second kappa shape index (κ2) is 4.85. The van der Waals surface area contributed by atoms with Gasteiger partial charge in [0.2, 0.25) is 5.91 Å². The molecule has 0 bridgehead atoms. The molecule has 1 aliphatic rings. The second-order valence-electron chi connectivity index (χ2n) is 4.64. The van der Waals surface area contributed by atoms with E-state index in [2.05, 4.69) is 20.4 Å². The first-order valence-electron chi connectivity index (χ1n) is 5.85. The fraction of sp³-hybridized carbons (Fsp3) is 0.636. The minimum atomic E-state index is -0.00769. The summed E-state index contributed by atoms with van der Waals surface area (Å²) in [5.41, 5.74) is 8.28. The van der Waals surface area contributed by atoms with Gasteiger partial charge in [0.25, 0.3) is 0 Å². The van der Waals surface area contributed by atoms with Crippen LogP contribution in [0.2, 0.25) is 0 Å². The van der Waals surface area contributed by atoms with E-state index >= 15 is 0 Å². The maximum absolute atomic E-state index is 11.8. The van der Waals surface area contributed by atoms with Gasteiger partial charge >= 0.3 is 0 Å². The number of nitrogens with two attached hydrogens (primary N) is 1. The van der Waals surface area contributed by atoms with Crippen molar-refractivity contribution in [3.8, 4) is 0 Å². The lowest BCUT2D eigenvalue weighted by atomic mass is 10.3. The van der Waals surface area contributed by atoms with Gasteiger partial charge in [-0.25, -0.2) is 0 Å². The highest BCUT2D eigenvalue weighted by Gasteiger charge is 2.21. The van der Waals surface area contributed by atoms with Crippen LogP contribution in [0.15, 0.2) is 0 Å². The number of nitrogens with one attached hydrogen (secondary N) is 2. The number of aryl methyl sites for hydroxylation is 2. The van der Waals surface area contributed by atoms with E-state index in [1.807, 2.05) is 13.8 Å².